The summed E-state index contributed by atoms with van der Waals surface area (Å²) >= 11 is 0. The predicted molar refractivity (Wildman–Crippen MR) is 69.6 cm³/mol. The van der Waals surface area contributed by atoms with Gasteiger partial charge < -0.3 is 0 Å². The lowest BCUT2D eigenvalue weighted by Crippen LogP contribution is -2.01. The maximum atomic E-state index is 13.7. The molecular weight excluding hydrogens is 284 g/mol. The Morgan fingerprint density at radius 3 is 2.35 bits per heavy atom. The van der Waals surface area contributed by atoms with Crippen LogP contribution < -0.4 is 0 Å². The second-order valence-corrected chi connectivity index (χ2v) is 6.20. The largest absolute Gasteiger partial charge is 0.224 e. The monoisotopic (exact) mass is 293 g/mol. The van der Waals surface area contributed by atoms with Crippen molar-refractivity contribution in [3.63, 3.8) is 0 Å². The van der Waals surface area contributed by atoms with Crippen LogP contribution in [0.1, 0.15) is 5.56 Å². The van der Waals surface area contributed by atoms with Crippen LogP contribution in [0.15, 0.2) is 41.3 Å². The first-order valence-corrected chi connectivity index (χ1v) is 7.41. The Morgan fingerprint density at radius 2 is 1.80 bits per heavy atom. The minimum Gasteiger partial charge on any atom is -0.224 e. The molecule has 0 aromatic heterocycles. The topological polar surface area (TPSA) is 57.9 Å². The molecule has 0 fully saturated rings. The van der Waals surface area contributed by atoms with Crippen molar-refractivity contribution >= 4 is 9.84 Å². The fraction of sp³-hybridized carbons (Fsp3) is 0.0714. The SMILES string of the molecule is CS(=O)(=O)c1cc(-c2ccc(F)cc2F)ccc1C#N. The third kappa shape index (κ3) is 2.68. The smallest absolute Gasteiger partial charge is 0.176 e. The zero-order chi connectivity index (χ0) is 14.9. The molecule has 102 valence electrons. The summed E-state index contributed by atoms with van der Waals surface area (Å²) in [7, 11) is -3.62. The first-order chi connectivity index (χ1) is 9.32. The molecular formula is C14H9F2NO2S. The van der Waals surface area contributed by atoms with Gasteiger partial charge in [0.1, 0.15) is 17.7 Å². The van der Waals surface area contributed by atoms with Gasteiger partial charge in [0.05, 0.1) is 10.5 Å². The van der Waals surface area contributed by atoms with Gasteiger partial charge in [-0.25, -0.2) is 17.2 Å². The Hall–Kier alpha value is -2.26. The highest BCUT2D eigenvalue weighted by Gasteiger charge is 2.16. The van der Waals surface area contributed by atoms with E-state index < -0.39 is 21.5 Å². The van der Waals surface area contributed by atoms with Crippen LogP contribution in [0.4, 0.5) is 8.78 Å². The lowest BCUT2D eigenvalue weighted by atomic mass is 10.0. The summed E-state index contributed by atoms with van der Waals surface area (Å²) in [4.78, 5) is -0.179. The lowest BCUT2D eigenvalue weighted by Gasteiger charge is -2.07. The van der Waals surface area contributed by atoms with E-state index in [-0.39, 0.29) is 21.6 Å². The predicted octanol–water partition coefficient (Wildman–Crippen LogP) is 2.91. The molecule has 3 nitrogen and oxygen atoms in total. The van der Waals surface area contributed by atoms with Gasteiger partial charge in [-0.1, -0.05) is 6.07 Å². The summed E-state index contributed by atoms with van der Waals surface area (Å²) in [6.45, 7) is 0. The first-order valence-electron chi connectivity index (χ1n) is 5.52. The second kappa shape index (κ2) is 5.02. The van der Waals surface area contributed by atoms with E-state index in [1.54, 1.807) is 6.07 Å². The summed E-state index contributed by atoms with van der Waals surface area (Å²) in [6.07, 6.45) is 0.966. The first kappa shape index (κ1) is 14.2. The molecule has 0 N–H and O–H groups in total. The number of halogens is 2. The van der Waals surface area contributed by atoms with E-state index in [9.17, 15) is 17.2 Å². The van der Waals surface area contributed by atoms with Crippen LogP contribution in [0, 0.1) is 23.0 Å². The van der Waals surface area contributed by atoms with Crippen molar-refractivity contribution in [2.24, 2.45) is 0 Å². The van der Waals surface area contributed by atoms with Crippen LogP contribution in [-0.4, -0.2) is 14.7 Å². The van der Waals surface area contributed by atoms with Gasteiger partial charge in [0.2, 0.25) is 0 Å². The average Bonchev–Trinajstić information content (AvgIpc) is 2.37. The van der Waals surface area contributed by atoms with Gasteiger partial charge in [-0.2, -0.15) is 5.26 Å². The minimum atomic E-state index is -3.62. The molecule has 6 heteroatoms. The van der Waals surface area contributed by atoms with E-state index in [4.69, 9.17) is 5.26 Å². The van der Waals surface area contributed by atoms with E-state index in [1.165, 1.54) is 24.3 Å². The third-order valence-corrected chi connectivity index (χ3v) is 3.88. The van der Waals surface area contributed by atoms with E-state index in [1.807, 2.05) is 0 Å². The number of benzene rings is 2. The normalized spacial score (nSPS) is 11.1. The third-order valence-electron chi connectivity index (χ3n) is 2.74. The molecule has 0 amide bonds. The molecule has 2 aromatic carbocycles. The van der Waals surface area contributed by atoms with Gasteiger partial charge in [-0.05, 0) is 29.8 Å². The summed E-state index contributed by atoms with van der Waals surface area (Å²) in [5, 5.41) is 8.90. The van der Waals surface area contributed by atoms with Crippen LogP contribution in [0.5, 0.6) is 0 Å². The zero-order valence-corrected chi connectivity index (χ0v) is 11.2. The maximum absolute atomic E-state index is 13.7. The van der Waals surface area contributed by atoms with Crippen molar-refractivity contribution in [3.05, 3.63) is 53.6 Å². The molecule has 0 bridgehead atoms. The number of hydrogen-bond acceptors (Lipinski definition) is 3. The molecule has 0 spiro atoms. The molecule has 0 aliphatic rings. The highest BCUT2D eigenvalue weighted by Crippen LogP contribution is 2.27. The Kier molecular flexibility index (Phi) is 3.55. The number of hydrogen-bond donors (Lipinski definition) is 0. The van der Waals surface area contributed by atoms with Crippen molar-refractivity contribution in [2.45, 2.75) is 4.90 Å². The van der Waals surface area contributed by atoms with Crippen LogP contribution in [0.25, 0.3) is 11.1 Å². The number of rotatable bonds is 2. The standard InChI is InChI=1S/C14H9F2NO2S/c1-20(18,19)14-6-9(2-3-10(14)8-17)12-5-4-11(15)7-13(12)16/h2-7H,1H3. The van der Waals surface area contributed by atoms with Gasteiger partial charge >= 0.3 is 0 Å². The van der Waals surface area contributed by atoms with Crippen LogP contribution in [0.2, 0.25) is 0 Å². The molecule has 0 saturated heterocycles. The number of sulfone groups is 1. The van der Waals surface area contributed by atoms with Gasteiger partial charge in [0, 0.05) is 17.9 Å². The quantitative estimate of drug-likeness (QED) is 0.855. The summed E-state index contributed by atoms with van der Waals surface area (Å²) in [6, 6.07) is 8.72. The Labute approximate surface area is 115 Å². The van der Waals surface area contributed by atoms with E-state index >= 15 is 0 Å². The van der Waals surface area contributed by atoms with Gasteiger partial charge in [0.25, 0.3) is 0 Å². The minimum absolute atomic E-state index is 0.0150. The van der Waals surface area contributed by atoms with Gasteiger partial charge in [-0.3, -0.25) is 0 Å². The van der Waals surface area contributed by atoms with Crippen molar-refractivity contribution in [1.82, 2.24) is 0 Å². The molecule has 0 heterocycles. The fourth-order valence-corrected chi connectivity index (χ4v) is 2.67. The van der Waals surface area contributed by atoms with Gasteiger partial charge in [0.15, 0.2) is 9.84 Å². The maximum Gasteiger partial charge on any atom is 0.176 e. The molecule has 0 saturated carbocycles. The Morgan fingerprint density at radius 1 is 1.10 bits per heavy atom. The van der Waals surface area contributed by atoms with E-state index in [0.29, 0.717) is 6.07 Å². The Balaban J connectivity index is 2.69. The highest BCUT2D eigenvalue weighted by atomic mass is 32.2. The van der Waals surface area contributed by atoms with Crippen molar-refractivity contribution in [3.8, 4) is 17.2 Å². The molecule has 20 heavy (non-hydrogen) atoms. The molecule has 2 aromatic rings. The van der Waals surface area contributed by atoms with Gasteiger partial charge in [-0.15, -0.1) is 0 Å². The van der Waals surface area contributed by atoms with E-state index in [0.717, 1.165) is 12.3 Å². The van der Waals surface area contributed by atoms with Crippen LogP contribution in [-0.2, 0) is 9.84 Å². The molecule has 2 rings (SSSR count). The van der Waals surface area contributed by atoms with Crippen LogP contribution >= 0.6 is 0 Å². The molecule has 0 aliphatic heterocycles. The highest BCUT2D eigenvalue weighted by molar-refractivity contribution is 7.90. The van der Waals surface area contributed by atoms with E-state index in [2.05, 4.69) is 0 Å². The zero-order valence-electron chi connectivity index (χ0n) is 10.4. The number of nitriles is 1. The number of nitrogens with zero attached hydrogens (tertiary/aromatic N) is 1. The molecule has 0 radical (unpaired) electrons. The molecule has 0 unspecified atom stereocenters. The Bertz CT molecular complexity index is 824. The van der Waals surface area contributed by atoms with Crippen molar-refractivity contribution < 1.29 is 17.2 Å². The summed E-state index contributed by atoms with van der Waals surface area (Å²) < 4.78 is 49.8. The van der Waals surface area contributed by atoms with Crippen molar-refractivity contribution in [2.75, 3.05) is 6.26 Å². The lowest BCUT2D eigenvalue weighted by molar-refractivity contribution is 0.585. The van der Waals surface area contributed by atoms with Crippen LogP contribution in [0.3, 0.4) is 0 Å². The molecule has 0 atom stereocenters. The molecule has 0 aliphatic carbocycles. The second-order valence-electron chi connectivity index (χ2n) is 4.22. The van der Waals surface area contributed by atoms with Crippen molar-refractivity contribution in [1.29, 1.82) is 5.26 Å². The average molecular weight is 293 g/mol. The fourth-order valence-electron chi connectivity index (χ4n) is 1.81. The summed E-state index contributed by atoms with van der Waals surface area (Å²) in [5.41, 5.74) is 0.321. The summed E-state index contributed by atoms with van der Waals surface area (Å²) in [5.74, 6) is -1.52.